The van der Waals surface area contributed by atoms with Crippen LogP contribution in [0.25, 0.3) is 0 Å². The van der Waals surface area contributed by atoms with Crippen LogP contribution in [0.1, 0.15) is 45.0 Å². The van der Waals surface area contributed by atoms with Crippen LogP contribution >= 0.6 is 0 Å². The maximum absolute atomic E-state index is 12.3. The molecule has 0 N–H and O–H groups in total. The lowest BCUT2D eigenvalue weighted by molar-refractivity contribution is -0.114. The number of benzene rings is 1. The molecular weight excluding hydrogens is 264 g/mol. The lowest BCUT2D eigenvalue weighted by Crippen LogP contribution is -2.49. The second-order valence-corrected chi connectivity index (χ2v) is 6.25. The normalized spacial score (nSPS) is 16.3. The molecule has 0 fully saturated rings. The molecule has 4 nitrogen and oxygen atoms in total. The number of anilines is 1. The Balaban J connectivity index is 2.25. The number of Topliss-reactive ketones (excluding diaryl/α,β-unsaturated/α-hetero) is 1. The first kappa shape index (κ1) is 15.7. The summed E-state index contributed by atoms with van der Waals surface area (Å²) in [6.45, 7) is 11.4. The second-order valence-electron chi connectivity index (χ2n) is 6.25. The highest BCUT2D eigenvalue weighted by molar-refractivity contribution is 6.52. The van der Waals surface area contributed by atoms with Gasteiger partial charge in [0.2, 0.25) is 0 Å². The summed E-state index contributed by atoms with van der Waals surface area (Å²) in [5.41, 5.74) is 1.27. The van der Waals surface area contributed by atoms with E-state index in [9.17, 15) is 9.59 Å². The zero-order valence-electron chi connectivity index (χ0n) is 13.5. The van der Waals surface area contributed by atoms with Crippen molar-refractivity contribution in [3.8, 4) is 0 Å². The molecule has 0 saturated carbocycles. The van der Waals surface area contributed by atoms with E-state index in [0.29, 0.717) is 17.6 Å². The molecule has 1 aromatic rings. The molecule has 4 heteroatoms. The predicted molar refractivity (Wildman–Crippen MR) is 84.7 cm³/mol. The Morgan fingerprint density at radius 2 is 1.57 bits per heavy atom. The van der Waals surface area contributed by atoms with Crippen molar-refractivity contribution in [1.29, 1.82) is 0 Å². The topological polar surface area (TPSA) is 40.6 Å². The highest BCUT2D eigenvalue weighted by Gasteiger charge is 2.38. The lowest BCUT2D eigenvalue weighted by atomic mass is 10.1. The third kappa shape index (κ3) is 2.86. The fourth-order valence-electron chi connectivity index (χ4n) is 3.05. The van der Waals surface area contributed by atoms with E-state index in [0.717, 1.165) is 12.2 Å². The van der Waals surface area contributed by atoms with Gasteiger partial charge in [0.15, 0.2) is 0 Å². The van der Waals surface area contributed by atoms with Crippen LogP contribution in [0, 0.1) is 0 Å². The number of ketones is 1. The van der Waals surface area contributed by atoms with Crippen molar-refractivity contribution in [1.82, 2.24) is 4.90 Å². The molecule has 1 aromatic carbocycles. The number of hydrogen-bond donors (Lipinski definition) is 0. The van der Waals surface area contributed by atoms with E-state index < -0.39 is 11.7 Å². The van der Waals surface area contributed by atoms with E-state index in [1.54, 1.807) is 17.0 Å². The van der Waals surface area contributed by atoms with Crippen LogP contribution in [0.3, 0.4) is 0 Å². The summed E-state index contributed by atoms with van der Waals surface area (Å²) in [5, 5.41) is 0. The number of hydrogen-bond acceptors (Lipinski definition) is 3. The molecule has 1 heterocycles. The Morgan fingerprint density at radius 1 is 1.00 bits per heavy atom. The van der Waals surface area contributed by atoms with Crippen molar-refractivity contribution in [3.05, 3.63) is 29.8 Å². The molecule has 114 valence electrons. The summed E-state index contributed by atoms with van der Waals surface area (Å²) in [7, 11) is 0. The summed E-state index contributed by atoms with van der Waals surface area (Å²) >= 11 is 0. The minimum absolute atomic E-state index is 0.0325. The van der Waals surface area contributed by atoms with Crippen molar-refractivity contribution >= 4 is 17.4 Å². The van der Waals surface area contributed by atoms with E-state index in [2.05, 4.69) is 32.6 Å². The number of nitrogens with zero attached hydrogens (tertiary/aromatic N) is 2. The molecule has 0 radical (unpaired) electrons. The highest BCUT2D eigenvalue weighted by Crippen LogP contribution is 2.30. The number of rotatable bonds is 5. The molecule has 0 bridgehead atoms. The van der Waals surface area contributed by atoms with Gasteiger partial charge in [0.25, 0.3) is 11.7 Å². The minimum atomic E-state index is -0.406. The molecule has 21 heavy (non-hydrogen) atoms. The standard InChI is InChI=1S/C17H24N2O2/c1-11(2)18(12(3)4)10-13(5)19-15-9-7-6-8-14(15)16(20)17(19)21/h6-9,11-13H,10H2,1-5H3. The van der Waals surface area contributed by atoms with Crippen molar-refractivity contribution in [2.45, 2.75) is 52.7 Å². The Hall–Kier alpha value is -1.68. The van der Waals surface area contributed by atoms with E-state index >= 15 is 0 Å². The third-order valence-corrected chi connectivity index (χ3v) is 4.06. The van der Waals surface area contributed by atoms with Gasteiger partial charge in [0.1, 0.15) is 0 Å². The van der Waals surface area contributed by atoms with Gasteiger partial charge in [-0.1, -0.05) is 12.1 Å². The van der Waals surface area contributed by atoms with Gasteiger partial charge in [-0.2, -0.15) is 0 Å². The quantitative estimate of drug-likeness (QED) is 0.782. The molecule has 0 aromatic heterocycles. The molecule has 0 saturated heterocycles. The SMILES string of the molecule is CC(CN(C(C)C)C(C)C)N1C(=O)C(=O)c2ccccc21. The first-order chi connectivity index (χ1) is 9.84. The van der Waals surface area contributed by atoms with Crippen molar-refractivity contribution in [3.63, 3.8) is 0 Å². The maximum Gasteiger partial charge on any atom is 0.299 e. The lowest BCUT2D eigenvalue weighted by Gasteiger charge is -2.36. The number of fused-ring (bicyclic) bond motifs is 1. The number of carbonyl (C=O) groups is 2. The van der Waals surface area contributed by atoms with Gasteiger partial charge in [0.05, 0.1) is 11.3 Å². The first-order valence-electron chi connectivity index (χ1n) is 7.57. The van der Waals surface area contributed by atoms with Crippen LogP contribution in [0.15, 0.2) is 24.3 Å². The zero-order chi connectivity index (χ0) is 15.7. The highest BCUT2D eigenvalue weighted by atomic mass is 16.2. The Labute approximate surface area is 126 Å². The average molecular weight is 288 g/mol. The van der Waals surface area contributed by atoms with Gasteiger partial charge in [-0.15, -0.1) is 0 Å². The van der Waals surface area contributed by atoms with E-state index in [1.165, 1.54) is 0 Å². The fraction of sp³-hybridized carbons (Fsp3) is 0.529. The summed E-state index contributed by atoms with van der Waals surface area (Å²) < 4.78 is 0. The van der Waals surface area contributed by atoms with E-state index in [-0.39, 0.29) is 6.04 Å². The monoisotopic (exact) mass is 288 g/mol. The van der Waals surface area contributed by atoms with Crippen molar-refractivity contribution in [2.75, 3.05) is 11.4 Å². The van der Waals surface area contributed by atoms with E-state index in [4.69, 9.17) is 0 Å². The number of para-hydroxylation sites is 1. The maximum atomic E-state index is 12.3. The Bertz CT molecular complexity index is 543. The largest absolute Gasteiger partial charge is 0.301 e. The number of carbonyl (C=O) groups excluding carboxylic acids is 2. The Morgan fingerprint density at radius 3 is 2.14 bits per heavy atom. The van der Waals surface area contributed by atoms with E-state index in [1.807, 2.05) is 19.1 Å². The van der Waals surface area contributed by atoms with Crippen LogP contribution < -0.4 is 4.90 Å². The third-order valence-electron chi connectivity index (χ3n) is 4.06. The van der Waals surface area contributed by atoms with Crippen LogP contribution in [0.5, 0.6) is 0 Å². The number of amides is 1. The molecule has 1 amide bonds. The molecule has 1 atom stereocenters. The Kier molecular flexibility index (Phi) is 4.47. The van der Waals surface area contributed by atoms with Crippen LogP contribution in [0.2, 0.25) is 0 Å². The van der Waals surface area contributed by atoms with Gasteiger partial charge in [-0.05, 0) is 46.8 Å². The average Bonchev–Trinajstić information content (AvgIpc) is 2.68. The molecule has 1 aliphatic heterocycles. The van der Waals surface area contributed by atoms with Gasteiger partial charge < -0.3 is 4.90 Å². The van der Waals surface area contributed by atoms with Gasteiger partial charge in [0, 0.05) is 24.7 Å². The summed E-state index contributed by atoms with van der Waals surface area (Å²) in [6.07, 6.45) is 0. The van der Waals surface area contributed by atoms with Crippen molar-refractivity contribution in [2.24, 2.45) is 0 Å². The fourth-order valence-corrected chi connectivity index (χ4v) is 3.05. The van der Waals surface area contributed by atoms with Gasteiger partial charge >= 0.3 is 0 Å². The first-order valence-corrected chi connectivity index (χ1v) is 7.57. The van der Waals surface area contributed by atoms with Crippen LogP contribution in [-0.2, 0) is 4.79 Å². The second kappa shape index (κ2) is 5.98. The minimum Gasteiger partial charge on any atom is -0.301 e. The van der Waals surface area contributed by atoms with Crippen molar-refractivity contribution < 1.29 is 9.59 Å². The molecule has 0 spiro atoms. The summed E-state index contributed by atoms with van der Waals surface area (Å²) in [5.74, 6) is -0.797. The molecule has 0 aliphatic carbocycles. The van der Waals surface area contributed by atoms with Crippen LogP contribution in [-0.4, -0.2) is 41.3 Å². The molecular formula is C17H24N2O2. The molecule has 1 aliphatic rings. The molecule has 2 rings (SSSR count). The molecule has 1 unspecified atom stereocenters. The predicted octanol–water partition coefficient (Wildman–Crippen LogP) is 2.72. The summed E-state index contributed by atoms with van der Waals surface area (Å²) in [4.78, 5) is 28.3. The van der Waals surface area contributed by atoms with Gasteiger partial charge in [-0.25, -0.2) is 0 Å². The van der Waals surface area contributed by atoms with Gasteiger partial charge in [-0.3, -0.25) is 14.5 Å². The smallest absolute Gasteiger partial charge is 0.299 e. The van der Waals surface area contributed by atoms with Crippen LogP contribution in [0.4, 0.5) is 5.69 Å². The zero-order valence-corrected chi connectivity index (χ0v) is 13.5. The summed E-state index contributed by atoms with van der Waals surface area (Å²) in [6, 6.07) is 8.01.